The van der Waals surface area contributed by atoms with Gasteiger partial charge in [0.2, 0.25) is 5.91 Å². The van der Waals surface area contributed by atoms with E-state index in [1.54, 1.807) is 6.07 Å². The van der Waals surface area contributed by atoms with E-state index in [9.17, 15) is 9.90 Å². The van der Waals surface area contributed by atoms with Crippen LogP contribution in [0.4, 0.5) is 0 Å². The van der Waals surface area contributed by atoms with Gasteiger partial charge in [-0.2, -0.15) is 0 Å². The molecule has 0 spiro atoms. The van der Waals surface area contributed by atoms with Gasteiger partial charge in [-0.1, -0.05) is 12.1 Å². The van der Waals surface area contributed by atoms with Gasteiger partial charge in [-0.25, -0.2) is 0 Å². The molecular weight excluding hydrogens is 240 g/mol. The fourth-order valence-electron chi connectivity index (χ4n) is 1.93. The maximum Gasteiger partial charge on any atom is 0.221 e. The lowest BCUT2D eigenvalue weighted by Gasteiger charge is -2.16. The highest BCUT2D eigenvalue weighted by Gasteiger charge is 2.10. The fraction of sp³-hybridized carbons (Fsp3) is 0.533. The third-order valence-electron chi connectivity index (χ3n) is 2.90. The number of aromatic hydroxyl groups is 1. The zero-order valence-electron chi connectivity index (χ0n) is 12.2. The lowest BCUT2D eigenvalue weighted by Crippen LogP contribution is -2.33. The molecule has 106 valence electrons. The number of amides is 1. The van der Waals surface area contributed by atoms with E-state index in [1.807, 2.05) is 39.8 Å². The van der Waals surface area contributed by atoms with Crippen LogP contribution in [0.3, 0.4) is 0 Å². The highest BCUT2D eigenvalue weighted by Crippen LogP contribution is 2.24. The molecule has 3 N–H and O–H groups in total. The van der Waals surface area contributed by atoms with Crippen molar-refractivity contribution in [3.05, 3.63) is 29.3 Å². The summed E-state index contributed by atoms with van der Waals surface area (Å²) in [4.78, 5) is 11.5. The first-order chi connectivity index (χ1) is 8.90. The number of aryl methyl sites for hydroxylation is 1. The molecule has 1 rings (SSSR count). The number of hydrogen-bond acceptors (Lipinski definition) is 3. The lowest BCUT2D eigenvalue weighted by atomic mass is 10.1. The molecule has 0 saturated heterocycles. The summed E-state index contributed by atoms with van der Waals surface area (Å²) in [5, 5.41) is 16.0. The van der Waals surface area contributed by atoms with Crippen molar-refractivity contribution < 1.29 is 9.90 Å². The average molecular weight is 264 g/mol. The smallest absolute Gasteiger partial charge is 0.221 e. The highest BCUT2D eigenvalue weighted by atomic mass is 16.3. The second-order valence-corrected chi connectivity index (χ2v) is 5.21. The molecular formula is C15H24N2O2. The molecule has 0 bridgehead atoms. The minimum atomic E-state index is 0.0208. The molecule has 0 fully saturated rings. The van der Waals surface area contributed by atoms with Crippen molar-refractivity contribution in [1.82, 2.24) is 10.6 Å². The number of benzene rings is 1. The zero-order chi connectivity index (χ0) is 14.4. The molecule has 4 heteroatoms. The molecule has 4 nitrogen and oxygen atoms in total. The maximum atomic E-state index is 11.5. The molecule has 0 saturated carbocycles. The Morgan fingerprint density at radius 1 is 1.32 bits per heavy atom. The quantitative estimate of drug-likeness (QED) is 0.738. The molecule has 1 aromatic rings. The van der Waals surface area contributed by atoms with E-state index in [0.29, 0.717) is 18.7 Å². The number of hydrogen-bond donors (Lipinski definition) is 3. The van der Waals surface area contributed by atoms with Gasteiger partial charge in [-0.15, -0.1) is 0 Å². The van der Waals surface area contributed by atoms with Crippen LogP contribution in [0.1, 0.15) is 44.4 Å². The number of phenolic OH excluding ortho intramolecular Hbond substituents is 1. The first-order valence-electron chi connectivity index (χ1n) is 6.72. The van der Waals surface area contributed by atoms with E-state index in [0.717, 1.165) is 11.1 Å². The largest absolute Gasteiger partial charge is 0.508 e. The Balaban J connectivity index is 2.43. The van der Waals surface area contributed by atoms with Crippen molar-refractivity contribution in [3.8, 4) is 5.75 Å². The van der Waals surface area contributed by atoms with E-state index >= 15 is 0 Å². The van der Waals surface area contributed by atoms with E-state index in [2.05, 4.69) is 10.6 Å². The molecule has 1 amide bonds. The number of rotatable bonds is 6. The molecule has 0 aliphatic carbocycles. The standard InChI is InChI=1S/C15H24N2O2/c1-10(2)17-15(19)7-8-16-12(4)13-6-5-11(3)9-14(13)18/h5-6,9-10,12,16,18H,7-8H2,1-4H3,(H,17,19). The van der Waals surface area contributed by atoms with Gasteiger partial charge < -0.3 is 15.7 Å². The van der Waals surface area contributed by atoms with E-state index in [1.165, 1.54) is 0 Å². The van der Waals surface area contributed by atoms with Gasteiger partial charge in [0.1, 0.15) is 5.75 Å². The van der Waals surface area contributed by atoms with Crippen LogP contribution in [0, 0.1) is 6.92 Å². The summed E-state index contributed by atoms with van der Waals surface area (Å²) in [6, 6.07) is 5.83. The van der Waals surface area contributed by atoms with Crippen LogP contribution in [0.25, 0.3) is 0 Å². The molecule has 0 aliphatic rings. The predicted octanol–water partition coefficient (Wildman–Crippen LogP) is 2.27. The van der Waals surface area contributed by atoms with Crippen LogP contribution in [-0.4, -0.2) is 23.6 Å². The Kier molecular flexibility index (Phi) is 5.83. The Morgan fingerprint density at radius 2 is 2.00 bits per heavy atom. The molecule has 1 aromatic carbocycles. The second-order valence-electron chi connectivity index (χ2n) is 5.21. The number of carbonyl (C=O) groups excluding carboxylic acids is 1. The van der Waals surface area contributed by atoms with Crippen LogP contribution in [0.15, 0.2) is 18.2 Å². The van der Waals surface area contributed by atoms with Crippen LogP contribution in [0.5, 0.6) is 5.75 Å². The van der Waals surface area contributed by atoms with Crippen LogP contribution in [0.2, 0.25) is 0 Å². The summed E-state index contributed by atoms with van der Waals surface area (Å²) in [7, 11) is 0. The molecule has 0 heterocycles. The van der Waals surface area contributed by atoms with Crippen molar-refractivity contribution in [3.63, 3.8) is 0 Å². The van der Waals surface area contributed by atoms with Crippen molar-refractivity contribution in [2.75, 3.05) is 6.54 Å². The van der Waals surface area contributed by atoms with Gasteiger partial charge in [-0.3, -0.25) is 4.79 Å². The Bertz CT molecular complexity index is 430. The first kappa shape index (κ1) is 15.5. The molecule has 0 radical (unpaired) electrons. The van der Waals surface area contributed by atoms with Gasteiger partial charge in [0.25, 0.3) is 0 Å². The SMILES string of the molecule is Cc1ccc(C(C)NCCC(=O)NC(C)C)c(O)c1. The highest BCUT2D eigenvalue weighted by molar-refractivity contribution is 5.76. The van der Waals surface area contributed by atoms with Crippen LogP contribution < -0.4 is 10.6 Å². The summed E-state index contributed by atoms with van der Waals surface area (Å²) in [5.41, 5.74) is 1.89. The van der Waals surface area contributed by atoms with Crippen molar-refractivity contribution in [2.24, 2.45) is 0 Å². The number of phenols is 1. The third kappa shape index (κ3) is 5.30. The first-order valence-corrected chi connectivity index (χ1v) is 6.72. The monoisotopic (exact) mass is 264 g/mol. The topological polar surface area (TPSA) is 61.4 Å². The Labute approximate surface area is 115 Å². The summed E-state index contributed by atoms with van der Waals surface area (Å²) in [6.45, 7) is 8.40. The summed E-state index contributed by atoms with van der Waals surface area (Å²) >= 11 is 0. The molecule has 1 unspecified atom stereocenters. The van der Waals surface area contributed by atoms with E-state index in [4.69, 9.17) is 0 Å². The van der Waals surface area contributed by atoms with Crippen molar-refractivity contribution in [1.29, 1.82) is 0 Å². The maximum absolute atomic E-state index is 11.5. The number of carbonyl (C=O) groups is 1. The van der Waals surface area contributed by atoms with E-state index in [-0.39, 0.29) is 18.0 Å². The average Bonchev–Trinajstić information content (AvgIpc) is 2.27. The Hall–Kier alpha value is -1.55. The normalized spacial score (nSPS) is 12.5. The minimum absolute atomic E-state index is 0.0208. The van der Waals surface area contributed by atoms with Crippen LogP contribution in [-0.2, 0) is 4.79 Å². The lowest BCUT2D eigenvalue weighted by molar-refractivity contribution is -0.121. The van der Waals surface area contributed by atoms with Gasteiger partial charge >= 0.3 is 0 Å². The third-order valence-corrected chi connectivity index (χ3v) is 2.90. The molecule has 1 atom stereocenters. The second kappa shape index (κ2) is 7.14. The van der Waals surface area contributed by atoms with Gasteiger partial charge in [0.15, 0.2) is 0 Å². The van der Waals surface area contributed by atoms with Gasteiger partial charge in [0, 0.05) is 30.6 Å². The number of nitrogens with one attached hydrogen (secondary N) is 2. The molecule has 0 aromatic heterocycles. The van der Waals surface area contributed by atoms with Crippen molar-refractivity contribution in [2.45, 2.75) is 46.2 Å². The fourth-order valence-corrected chi connectivity index (χ4v) is 1.93. The van der Waals surface area contributed by atoms with Gasteiger partial charge in [0.05, 0.1) is 0 Å². The zero-order valence-corrected chi connectivity index (χ0v) is 12.2. The summed E-state index contributed by atoms with van der Waals surface area (Å²) in [5.74, 6) is 0.342. The van der Waals surface area contributed by atoms with Crippen LogP contribution >= 0.6 is 0 Å². The summed E-state index contributed by atoms with van der Waals surface area (Å²) < 4.78 is 0. The van der Waals surface area contributed by atoms with Crippen molar-refractivity contribution >= 4 is 5.91 Å². The molecule has 0 aliphatic heterocycles. The molecule has 19 heavy (non-hydrogen) atoms. The van der Waals surface area contributed by atoms with Gasteiger partial charge in [-0.05, 0) is 39.3 Å². The summed E-state index contributed by atoms with van der Waals surface area (Å²) in [6.07, 6.45) is 0.440. The predicted molar refractivity (Wildman–Crippen MR) is 77.2 cm³/mol. The Morgan fingerprint density at radius 3 is 2.58 bits per heavy atom. The van der Waals surface area contributed by atoms with E-state index < -0.39 is 0 Å². The minimum Gasteiger partial charge on any atom is -0.508 e.